The summed E-state index contributed by atoms with van der Waals surface area (Å²) < 4.78 is 4.55. The molecule has 14 heavy (non-hydrogen) atoms. The zero-order valence-corrected chi connectivity index (χ0v) is 8.91. The van der Waals surface area contributed by atoms with E-state index < -0.39 is 11.9 Å². The maximum atomic E-state index is 11.2. The first-order valence-corrected chi connectivity index (χ1v) is 4.82. The van der Waals surface area contributed by atoms with Crippen LogP contribution in [0.2, 0.25) is 0 Å². The van der Waals surface area contributed by atoms with Crippen molar-refractivity contribution >= 4 is 11.8 Å². The van der Waals surface area contributed by atoms with E-state index in [2.05, 4.69) is 11.3 Å². The molecule has 0 heterocycles. The summed E-state index contributed by atoms with van der Waals surface area (Å²) in [5, 5.41) is 0. The third kappa shape index (κ3) is 4.80. The summed E-state index contributed by atoms with van der Waals surface area (Å²) >= 11 is 0. The van der Waals surface area contributed by atoms with Gasteiger partial charge in [-0.1, -0.05) is 12.5 Å². The molecule has 0 saturated heterocycles. The molecule has 0 N–H and O–H groups in total. The highest BCUT2D eigenvalue weighted by molar-refractivity contribution is 5.97. The van der Waals surface area contributed by atoms with Crippen molar-refractivity contribution in [2.45, 2.75) is 32.6 Å². The molecule has 0 aromatic heterocycles. The normalized spacial score (nSPS) is 11.9. The van der Waals surface area contributed by atoms with Gasteiger partial charge in [-0.05, 0) is 26.2 Å². The quantitative estimate of drug-likeness (QED) is 0.272. The molecule has 3 nitrogen and oxygen atoms in total. The molecule has 0 aromatic rings. The van der Waals surface area contributed by atoms with Crippen molar-refractivity contribution in [1.29, 1.82) is 0 Å². The summed E-state index contributed by atoms with van der Waals surface area (Å²) in [5.74, 6) is -1.11. The number of allylic oxidation sites excluding steroid dienone is 1. The van der Waals surface area contributed by atoms with E-state index in [1.54, 1.807) is 0 Å². The Morgan fingerprint density at radius 1 is 1.43 bits per heavy atom. The summed E-state index contributed by atoms with van der Waals surface area (Å²) in [6, 6.07) is 0. The van der Waals surface area contributed by atoms with Gasteiger partial charge < -0.3 is 4.74 Å². The van der Waals surface area contributed by atoms with Crippen LogP contribution in [0.25, 0.3) is 0 Å². The minimum atomic E-state index is -0.579. The van der Waals surface area contributed by atoms with E-state index in [0.717, 1.165) is 19.3 Å². The lowest BCUT2D eigenvalue weighted by Crippen LogP contribution is -2.23. The Hall–Kier alpha value is -1.12. The lowest BCUT2D eigenvalue weighted by atomic mass is 9.98. The number of esters is 1. The SMILES string of the molecule is C=CCCCCC(C(C)=O)C(=O)OC. The van der Waals surface area contributed by atoms with Crippen LogP contribution in [0.3, 0.4) is 0 Å². The molecule has 0 aliphatic rings. The Labute approximate surface area is 85.1 Å². The Kier molecular flexibility index (Phi) is 6.72. The van der Waals surface area contributed by atoms with Crippen molar-refractivity contribution in [1.82, 2.24) is 0 Å². The summed E-state index contributed by atoms with van der Waals surface area (Å²) in [6.45, 7) is 5.03. The second kappa shape index (κ2) is 7.30. The molecular formula is C11H18O3. The molecule has 1 unspecified atom stereocenters. The predicted molar refractivity (Wildman–Crippen MR) is 54.9 cm³/mol. The molecule has 0 aliphatic heterocycles. The number of rotatable bonds is 7. The van der Waals surface area contributed by atoms with Crippen molar-refractivity contribution in [3.63, 3.8) is 0 Å². The Morgan fingerprint density at radius 3 is 2.50 bits per heavy atom. The number of hydrogen-bond acceptors (Lipinski definition) is 3. The van der Waals surface area contributed by atoms with Gasteiger partial charge in [0.25, 0.3) is 0 Å². The van der Waals surface area contributed by atoms with Gasteiger partial charge in [-0.2, -0.15) is 0 Å². The van der Waals surface area contributed by atoms with Crippen LogP contribution in [0.15, 0.2) is 12.7 Å². The summed E-state index contributed by atoms with van der Waals surface area (Å²) in [4.78, 5) is 22.2. The minimum absolute atomic E-state index is 0.115. The minimum Gasteiger partial charge on any atom is -0.468 e. The van der Waals surface area contributed by atoms with E-state index in [1.807, 2.05) is 6.08 Å². The van der Waals surface area contributed by atoms with Gasteiger partial charge in [-0.3, -0.25) is 9.59 Å². The average molecular weight is 198 g/mol. The second-order valence-electron chi connectivity index (χ2n) is 3.26. The number of hydrogen-bond donors (Lipinski definition) is 0. The molecule has 0 aromatic carbocycles. The average Bonchev–Trinajstić information content (AvgIpc) is 2.16. The van der Waals surface area contributed by atoms with Crippen molar-refractivity contribution in [3.8, 4) is 0 Å². The summed E-state index contributed by atoms with van der Waals surface area (Å²) in [6.07, 6.45) is 5.15. The van der Waals surface area contributed by atoms with Gasteiger partial charge in [-0.25, -0.2) is 0 Å². The van der Waals surface area contributed by atoms with Crippen LogP contribution in [0.5, 0.6) is 0 Å². The highest BCUT2D eigenvalue weighted by Crippen LogP contribution is 2.12. The molecule has 1 atom stereocenters. The third-order valence-electron chi connectivity index (χ3n) is 2.13. The molecule has 80 valence electrons. The Balaban J connectivity index is 3.92. The van der Waals surface area contributed by atoms with Crippen LogP contribution < -0.4 is 0 Å². The standard InChI is InChI=1S/C11H18O3/c1-4-5-6-7-8-10(9(2)12)11(13)14-3/h4,10H,1,5-8H2,2-3H3. The first kappa shape index (κ1) is 12.9. The highest BCUT2D eigenvalue weighted by Gasteiger charge is 2.22. The van der Waals surface area contributed by atoms with Crippen molar-refractivity contribution in [2.75, 3.05) is 7.11 Å². The number of ketones is 1. The fraction of sp³-hybridized carbons (Fsp3) is 0.636. The lowest BCUT2D eigenvalue weighted by Gasteiger charge is -2.10. The smallest absolute Gasteiger partial charge is 0.316 e. The fourth-order valence-electron chi connectivity index (χ4n) is 1.27. The van der Waals surface area contributed by atoms with E-state index in [-0.39, 0.29) is 5.78 Å². The van der Waals surface area contributed by atoms with Crippen LogP contribution in [0, 0.1) is 5.92 Å². The van der Waals surface area contributed by atoms with Gasteiger partial charge in [0.2, 0.25) is 0 Å². The molecule has 0 bridgehead atoms. The number of carbonyl (C=O) groups is 2. The van der Waals surface area contributed by atoms with Gasteiger partial charge in [-0.15, -0.1) is 6.58 Å². The fourth-order valence-corrected chi connectivity index (χ4v) is 1.27. The molecule has 0 saturated carbocycles. The third-order valence-corrected chi connectivity index (χ3v) is 2.13. The van der Waals surface area contributed by atoms with Crippen LogP contribution in [0.4, 0.5) is 0 Å². The Bertz CT molecular complexity index is 209. The number of unbranched alkanes of at least 4 members (excludes halogenated alkanes) is 2. The van der Waals surface area contributed by atoms with E-state index in [0.29, 0.717) is 6.42 Å². The first-order valence-electron chi connectivity index (χ1n) is 4.82. The van der Waals surface area contributed by atoms with E-state index in [4.69, 9.17) is 0 Å². The molecule has 0 aliphatic carbocycles. The summed E-state index contributed by atoms with van der Waals surface area (Å²) in [5.41, 5.74) is 0. The van der Waals surface area contributed by atoms with E-state index in [1.165, 1.54) is 14.0 Å². The molecule has 0 spiro atoms. The van der Waals surface area contributed by atoms with Gasteiger partial charge >= 0.3 is 5.97 Å². The van der Waals surface area contributed by atoms with E-state index >= 15 is 0 Å². The second-order valence-corrected chi connectivity index (χ2v) is 3.26. The van der Waals surface area contributed by atoms with Gasteiger partial charge in [0.05, 0.1) is 7.11 Å². The monoisotopic (exact) mass is 198 g/mol. The maximum Gasteiger partial charge on any atom is 0.316 e. The zero-order valence-electron chi connectivity index (χ0n) is 8.91. The molecule has 0 rings (SSSR count). The molecule has 0 amide bonds. The number of ether oxygens (including phenoxy) is 1. The lowest BCUT2D eigenvalue weighted by molar-refractivity contribution is -0.149. The first-order chi connectivity index (χ1) is 6.63. The van der Waals surface area contributed by atoms with Crippen molar-refractivity contribution in [2.24, 2.45) is 5.92 Å². The van der Waals surface area contributed by atoms with Crippen molar-refractivity contribution < 1.29 is 14.3 Å². The molecule has 0 radical (unpaired) electrons. The predicted octanol–water partition coefficient (Wildman–Crippen LogP) is 2.11. The van der Waals surface area contributed by atoms with Gasteiger partial charge in [0.1, 0.15) is 11.7 Å². The maximum absolute atomic E-state index is 11.2. The van der Waals surface area contributed by atoms with Crippen LogP contribution >= 0.6 is 0 Å². The van der Waals surface area contributed by atoms with Gasteiger partial charge in [0.15, 0.2) is 0 Å². The molecule has 0 fully saturated rings. The largest absolute Gasteiger partial charge is 0.468 e. The zero-order chi connectivity index (χ0) is 11.0. The molecular weight excluding hydrogens is 180 g/mol. The van der Waals surface area contributed by atoms with Crippen LogP contribution in [0.1, 0.15) is 32.6 Å². The Morgan fingerprint density at radius 2 is 2.07 bits per heavy atom. The van der Waals surface area contributed by atoms with Crippen LogP contribution in [-0.4, -0.2) is 18.9 Å². The van der Waals surface area contributed by atoms with Crippen molar-refractivity contribution in [3.05, 3.63) is 12.7 Å². The number of carbonyl (C=O) groups excluding carboxylic acids is 2. The summed E-state index contributed by atoms with van der Waals surface area (Å²) in [7, 11) is 1.31. The number of methoxy groups -OCH3 is 1. The van der Waals surface area contributed by atoms with Crippen LogP contribution in [-0.2, 0) is 14.3 Å². The highest BCUT2D eigenvalue weighted by atomic mass is 16.5. The van der Waals surface area contributed by atoms with Gasteiger partial charge in [0, 0.05) is 0 Å². The number of Topliss-reactive ketones (excluding diaryl/α,β-unsaturated/α-hetero) is 1. The molecule has 3 heteroatoms. The van der Waals surface area contributed by atoms with E-state index in [9.17, 15) is 9.59 Å². The topological polar surface area (TPSA) is 43.4 Å².